The van der Waals surface area contributed by atoms with Crippen LogP contribution in [0.5, 0.6) is 0 Å². The summed E-state index contributed by atoms with van der Waals surface area (Å²) in [6.45, 7) is 1.71. The average molecular weight is 478 g/mol. The SMILES string of the molecule is Cc1ccc(NC(=O)c2cccc(S(=O)(=O)Nc3ccc(F)cc3)c2)cc1NS(C)(=O)=O. The molecule has 1 amide bonds. The Balaban J connectivity index is 1.81. The minimum Gasteiger partial charge on any atom is -0.322 e. The molecule has 11 heteroatoms. The molecule has 168 valence electrons. The largest absolute Gasteiger partial charge is 0.322 e. The third-order valence-corrected chi connectivity index (χ3v) is 6.26. The van der Waals surface area contributed by atoms with Gasteiger partial charge in [-0.2, -0.15) is 0 Å². The van der Waals surface area contributed by atoms with Crippen LogP contribution in [0.15, 0.2) is 71.6 Å². The van der Waals surface area contributed by atoms with Gasteiger partial charge in [-0.05, 0) is 67.1 Å². The van der Waals surface area contributed by atoms with Crippen LogP contribution in [0.1, 0.15) is 15.9 Å². The Kier molecular flexibility index (Phi) is 6.51. The Labute approximate surface area is 185 Å². The molecule has 3 aromatic carbocycles. The second-order valence-corrected chi connectivity index (χ2v) is 10.4. The van der Waals surface area contributed by atoms with Crippen molar-refractivity contribution in [1.82, 2.24) is 0 Å². The molecule has 0 fully saturated rings. The number of hydrogen-bond donors (Lipinski definition) is 3. The van der Waals surface area contributed by atoms with Gasteiger partial charge < -0.3 is 5.32 Å². The fraction of sp³-hybridized carbons (Fsp3) is 0.0952. The van der Waals surface area contributed by atoms with Crippen molar-refractivity contribution in [2.75, 3.05) is 21.0 Å². The molecule has 0 aliphatic carbocycles. The van der Waals surface area contributed by atoms with Crippen LogP contribution in [0.3, 0.4) is 0 Å². The van der Waals surface area contributed by atoms with Crippen LogP contribution in [0.25, 0.3) is 0 Å². The number of sulfonamides is 2. The summed E-state index contributed by atoms with van der Waals surface area (Å²) >= 11 is 0. The van der Waals surface area contributed by atoms with Gasteiger partial charge in [-0.3, -0.25) is 14.2 Å². The van der Waals surface area contributed by atoms with Crippen molar-refractivity contribution in [3.63, 3.8) is 0 Å². The standard InChI is InChI=1S/C21H20FN3O5S2/c1-14-6-9-18(13-20(14)25-31(2,27)28)23-21(26)15-4-3-5-19(12-15)32(29,30)24-17-10-7-16(22)8-11-17/h3-13,24-25H,1-2H3,(H,23,26). The van der Waals surface area contributed by atoms with Crippen LogP contribution in [-0.4, -0.2) is 29.0 Å². The van der Waals surface area contributed by atoms with E-state index < -0.39 is 31.8 Å². The summed E-state index contributed by atoms with van der Waals surface area (Å²) < 4.78 is 66.0. The summed E-state index contributed by atoms with van der Waals surface area (Å²) in [4.78, 5) is 12.5. The summed E-state index contributed by atoms with van der Waals surface area (Å²) in [5, 5.41) is 2.62. The summed E-state index contributed by atoms with van der Waals surface area (Å²) in [5.41, 5.74) is 1.54. The molecule has 0 aromatic heterocycles. The third-order valence-electron chi connectivity index (χ3n) is 4.29. The molecule has 0 saturated carbocycles. The first-order chi connectivity index (χ1) is 14.9. The van der Waals surface area contributed by atoms with Gasteiger partial charge in [-0.15, -0.1) is 0 Å². The summed E-state index contributed by atoms with van der Waals surface area (Å²) in [7, 11) is -7.52. The van der Waals surface area contributed by atoms with Crippen LogP contribution in [0, 0.1) is 12.7 Å². The van der Waals surface area contributed by atoms with Crippen molar-refractivity contribution in [2.24, 2.45) is 0 Å². The third kappa shape index (κ3) is 6.05. The monoisotopic (exact) mass is 477 g/mol. The maximum atomic E-state index is 13.0. The fourth-order valence-electron chi connectivity index (χ4n) is 2.75. The lowest BCUT2D eigenvalue weighted by atomic mass is 10.1. The van der Waals surface area contributed by atoms with Crippen molar-refractivity contribution in [3.05, 3.63) is 83.7 Å². The highest BCUT2D eigenvalue weighted by Gasteiger charge is 2.17. The van der Waals surface area contributed by atoms with Gasteiger partial charge >= 0.3 is 0 Å². The van der Waals surface area contributed by atoms with Gasteiger partial charge in [-0.1, -0.05) is 12.1 Å². The zero-order chi connectivity index (χ0) is 23.5. The highest BCUT2D eigenvalue weighted by Crippen LogP contribution is 2.23. The molecule has 0 heterocycles. The number of halogens is 1. The highest BCUT2D eigenvalue weighted by molar-refractivity contribution is 7.92. The molecule has 3 rings (SSSR count). The zero-order valence-electron chi connectivity index (χ0n) is 17.1. The summed E-state index contributed by atoms with van der Waals surface area (Å²) in [6, 6.07) is 14.9. The molecular formula is C21H20FN3O5S2. The van der Waals surface area contributed by atoms with Crippen molar-refractivity contribution in [3.8, 4) is 0 Å². The van der Waals surface area contributed by atoms with E-state index in [0.29, 0.717) is 16.9 Å². The van der Waals surface area contributed by atoms with Crippen LogP contribution in [-0.2, 0) is 20.0 Å². The number of aryl methyl sites for hydroxylation is 1. The predicted octanol–water partition coefficient (Wildman–Crippen LogP) is 3.56. The molecule has 32 heavy (non-hydrogen) atoms. The number of benzene rings is 3. The molecule has 0 aliphatic heterocycles. The quantitative estimate of drug-likeness (QED) is 0.480. The number of rotatable bonds is 7. The molecular weight excluding hydrogens is 457 g/mol. The number of amides is 1. The Morgan fingerprint density at radius 3 is 2.16 bits per heavy atom. The normalized spacial score (nSPS) is 11.6. The van der Waals surface area contributed by atoms with Crippen molar-refractivity contribution >= 4 is 43.0 Å². The zero-order valence-corrected chi connectivity index (χ0v) is 18.7. The van der Waals surface area contributed by atoms with E-state index in [2.05, 4.69) is 14.8 Å². The van der Waals surface area contributed by atoms with Crippen molar-refractivity contribution in [2.45, 2.75) is 11.8 Å². The molecule has 3 N–H and O–H groups in total. The smallest absolute Gasteiger partial charge is 0.261 e. The topological polar surface area (TPSA) is 121 Å². The van der Waals surface area contributed by atoms with Crippen LogP contribution >= 0.6 is 0 Å². The van der Waals surface area contributed by atoms with Gasteiger partial charge in [0.25, 0.3) is 15.9 Å². The van der Waals surface area contributed by atoms with Gasteiger partial charge in [0, 0.05) is 16.9 Å². The van der Waals surface area contributed by atoms with Gasteiger partial charge in [0.1, 0.15) is 5.82 Å². The van der Waals surface area contributed by atoms with E-state index in [0.717, 1.165) is 18.4 Å². The van der Waals surface area contributed by atoms with Gasteiger partial charge in [-0.25, -0.2) is 21.2 Å². The highest BCUT2D eigenvalue weighted by atomic mass is 32.2. The molecule has 0 radical (unpaired) electrons. The summed E-state index contributed by atoms with van der Waals surface area (Å²) in [5.74, 6) is -1.09. The molecule has 0 saturated heterocycles. The number of anilines is 3. The molecule has 8 nitrogen and oxygen atoms in total. The first-order valence-electron chi connectivity index (χ1n) is 9.21. The first kappa shape index (κ1) is 23.2. The Morgan fingerprint density at radius 1 is 0.844 bits per heavy atom. The van der Waals surface area contributed by atoms with Gasteiger partial charge in [0.05, 0.1) is 16.8 Å². The Bertz CT molecular complexity index is 1370. The maximum absolute atomic E-state index is 13.0. The molecule has 0 aliphatic rings. The van der Waals surface area contributed by atoms with Crippen molar-refractivity contribution in [1.29, 1.82) is 0 Å². The van der Waals surface area contributed by atoms with E-state index >= 15 is 0 Å². The second kappa shape index (κ2) is 8.97. The lowest BCUT2D eigenvalue weighted by Crippen LogP contribution is -2.16. The van der Waals surface area contributed by atoms with Crippen LogP contribution < -0.4 is 14.8 Å². The van der Waals surface area contributed by atoms with E-state index in [9.17, 15) is 26.0 Å². The average Bonchev–Trinajstić information content (AvgIpc) is 2.71. The first-order valence-corrected chi connectivity index (χ1v) is 12.6. The minimum absolute atomic E-state index is 0.0742. The van der Waals surface area contributed by atoms with E-state index in [4.69, 9.17) is 0 Å². The Morgan fingerprint density at radius 2 is 1.50 bits per heavy atom. The Hall–Kier alpha value is -3.44. The van der Waals surface area contributed by atoms with Gasteiger partial charge in [0.15, 0.2) is 0 Å². The number of carbonyl (C=O) groups excluding carboxylic acids is 1. The van der Waals surface area contributed by atoms with Crippen LogP contribution in [0.4, 0.5) is 21.5 Å². The molecule has 3 aromatic rings. The molecule has 0 bridgehead atoms. The molecule has 0 atom stereocenters. The number of nitrogens with one attached hydrogen (secondary N) is 3. The fourth-order valence-corrected chi connectivity index (χ4v) is 4.47. The van der Waals surface area contributed by atoms with Crippen LogP contribution in [0.2, 0.25) is 0 Å². The van der Waals surface area contributed by atoms with Crippen molar-refractivity contribution < 1.29 is 26.0 Å². The van der Waals surface area contributed by atoms with Gasteiger partial charge in [0.2, 0.25) is 10.0 Å². The van der Waals surface area contributed by atoms with E-state index in [1.165, 1.54) is 42.5 Å². The number of carbonyl (C=O) groups is 1. The predicted molar refractivity (Wildman–Crippen MR) is 121 cm³/mol. The van der Waals surface area contributed by atoms with E-state index in [1.54, 1.807) is 19.1 Å². The second-order valence-electron chi connectivity index (χ2n) is 7.00. The lowest BCUT2D eigenvalue weighted by Gasteiger charge is -2.12. The molecule has 0 unspecified atom stereocenters. The lowest BCUT2D eigenvalue weighted by molar-refractivity contribution is 0.102. The summed E-state index contributed by atoms with van der Waals surface area (Å²) in [6.07, 6.45) is 1.02. The molecule has 0 spiro atoms. The number of hydrogen-bond acceptors (Lipinski definition) is 5. The minimum atomic E-state index is -4.02. The van der Waals surface area contributed by atoms with E-state index in [-0.39, 0.29) is 16.1 Å². The van der Waals surface area contributed by atoms with E-state index in [1.807, 2.05) is 0 Å². The maximum Gasteiger partial charge on any atom is 0.261 e.